The van der Waals surface area contributed by atoms with Gasteiger partial charge in [0.1, 0.15) is 5.60 Å². The van der Waals surface area contributed by atoms with Crippen LogP contribution in [0.25, 0.3) is 5.69 Å². The molecule has 2 aromatic rings. The fourth-order valence-corrected chi connectivity index (χ4v) is 3.14. The standard InChI is InChI=1S/C19H24ClN5O5/c1-18(2,3)30-17(28)14(26)15-16(27)24(10-19(4,5)29-15)13-6-7-25(23-13)11-8-12(20)22-21-9-11/h6-9,14-15,26H,10H2,1-5H3/t14?,15-/m1/s1. The molecular formula is C19H24ClN5O5. The molecule has 1 N–H and O–H groups in total. The predicted molar refractivity (Wildman–Crippen MR) is 107 cm³/mol. The first-order chi connectivity index (χ1) is 13.9. The Morgan fingerprint density at radius 3 is 2.77 bits per heavy atom. The maximum Gasteiger partial charge on any atom is 0.338 e. The summed E-state index contributed by atoms with van der Waals surface area (Å²) in [6, 6.07) is 3.20. The van der Waals surface area contributed by atoms with Crippen molar-refractivity contribution in [3.63, 3.8) is 0 Å². The average Bonchev–Trinajstić information content (AvgIpc) is 3.11. The smallest absolute Gasteiger partial charge is 0.338 e. The molecule has 2 atom stereocenters. The Morgan fingerprint density at radius 1 is 1.43 bits per heavy atom. The zero-order valence-electron chi connectivity index (χ0n) is 17.4. The zero-order valence-corrected chi connectivity index (χ0v) is 18.1. The number of nitrogens with zero attached hydrogens (tertiary/aromatic N) is 5. The van der Waals surface area contributed by atoms with Crippen LogP contribution in [0.4, 0.5) is 5.82 Å². The summed E-state index contributed by atoms with van der Waals surface area (Å²) in [7, 11) is 0. The highest BCUT2D eigenvalue weighted by Crippen LogP contribution is 2.28. The van der Waals surface area contributed by atoms with Crippen LogP contribution < -0.4 is 4.90 Å². The number of morpholine rings is 1. The van der Waals surface area contributed by atoms with Crippen LogP contribution in [-0.2, 0) is 19.1 Å². The van der Waals surface area contributed by atoms with Crippen LogP contribution in [0.1, 0.15) is 34.6 Å². The number of esters is 1. The molecule has 3 heterocycles. The van der Waals surface area contributed by atoms with Gasteiger partial charge in [0.2, 0.25) is 0 Å². The molecule has 0 spiro atoms. The Bertz CT molecular complexity index is 955. The highest BCUT2D eigenvalue weighted by atomic mass is 35.5. The Kier molecular flexibility index (Phi) is 5.85. The van der Waals surface area contributed by atoms with Crippen molar-refractivity contribution >= 4 is 29.3 Å². The minimum atomic E-state index is -1.77. The number of hydrogen-bond acceptors (Lipinski definition) is 8. The lowest BCUT2D eigenvalue weighted by molar-refractivity contribution is -0.188. The van der Waals surface area contributed by atoms with Crippen LogP contribution in [0.15, 0.2) is 24.5 Å². The lowest BCUT2D eigenvalue weighted by Gasteiger charge is -2.42. The van der Waals surface area contributed by atoms with Crippen LogP contribution in [0, 0.1) is 0 Å². The first-order valence-corrected chi connectivity index (χ1v) is 9.68. The van der Waals surface area contributed by atoms with E-state index < -0.39 is 35.3 Å². The van der Waals surface area contributed by atoms with E-state index in [0.29, 0.717) is 11.5 Å². The van der Waals surface area contributed by atoms with Crippen molar-refractivity contribution in [3.8, 4) is 5.69 Å². The highest BCUT2D eigenvalue weighted by molar-refractivity contribution is 6.29. The van der Waals surface area contributed by atoms with Gasteiger partial charge >= 0.3 is 5.97 Å². The summed E-state index contributed by atoms with van der Waals surface area (Å²) in [5.74, 6) is -1.20. The minimum absolute atomic E-state index is 0.176. The summed E-state index contributed by atoms with van der Waals surface area (Å²) in [5, 5.41) is 22.6. The third kappa shape index (κ3) is 4.94. The van der Waals surface area contributed by atoms with E-state index in [0.717, 1.165) is 0 Å². The highest BCUT2D eigenvalue weighted by Gasteiger charge is 2.47. The quantitative estimate of drug-likeness (QED) is 0.715. The van der Waals surface area contributed by atoms with Crippen LogP contribution in [0.2, 0.25) is 5.15 Å². The number of ether oxygens (including phenoxy) is 2. The molecule has 1 aliphatic rings. The molecule has 0 aromatic carbocycles. The van der Waals surface area contributed by atoms with Crippen LogP contribution in [-0.4, -0.2) is 66.9 Å². The molecular weight excluding hydrogens is 414 g/mol. The van der Waals surface area contributed by atoms with E-state index >= 15 is 0 Å². The molecule has 1 fully saturated rings. The second-order valence-corrected chi connectivity index (χ2v) is 8.94. The van der Waals surface area contributed by atoms with Gasteiger partial charge in [-0.1, -0.05) is 11.6 Å². The number of carbonyl (C=O) groups is 2. The second-order valence-electron chi connectivity index (χ2n) is 8.56. The summed E-state index contributed by atoms with van der Waals surface area (Å²) in [4.78, 5) is 26.7. The molecule has 11 heteroatoms. The third-order valence-corrected chi connectivity index (χ3v) is 4.34. The van der Waals surface area contributed by atoms with Gasteiger partial charge in [0.25, 0.3) is 5.91 Å². The van der Waals surface area contributed by atoms with Gasteiger partial charge in [0, 0.05) is 18.3 Å². The summed E-state index contributed by atoms with van der Waals surface area (Å²) in [6.45, 7) is 8.70. The molecule has 30 heavy (non-hydrogen) atoms. The van der Waals surface area contributed by atoms with E-state index in [9.17, 15) is 14.7 Å². The van der Waals surface area contributed by atoms with Crippen molar-refractivity contribution in [3.05, 3.63) is 29.7 Å². The number of hydrogen-bond donors (Lipinski definition) is 1. The number of rotatable bonds is 4. The fourth-order valence-electron chi connectivity index (χ4n) is 2.98. The van der Waals surface area contributed by atoms with E-state index in [1.54, 1.807) is 52.9 Å². The van der Waals surface area contributed by atoms with Gasteiger partial charge in [-0.25, -0.2) is 9.48 Å². The average molecular weight is 438 g/mol. The van der Waals surface area contributed by atoms with Crippen molar-refractivity contribution < 1.29 is 24.2 Å². The van der Waals surface area contributed by atoms with E-state index in [4.69, 9.17) is 21.1 Å². The number of amides is 1. The fraction of sp³-hybridized carbons (Fsp3) is 0.526. The van der Waals surface area contributed by atoms with Gasteiger partial charge in [-0.15, -0.1) is 10.2 Å². The third-order valence-electron chi connectivity index (χ3n) is 4.16. The Morgan fingerprint density at radius 2 is 2.13 bits per heavy atom. The molecule has 0 radical (unpaired) electrons. The number of carbonyl (C=O) groups excluding carboxylic acids is 2. The SMILES string of the molecule is CC(C)(C)OC(=O)C(O)[C@H]1OC(C)(C)CN(c2ccn(-c3cnnc(Cl)c3)n2)C1=O. The monoisotopic (exact) mass is 437 g/mol. The Labute approximate surface area is 178 Å². The molecule has 1 aliphatic heterocycles. The van der Waals surface area contributed by atoms with Gasteiger partial charge < -0.3 is 14.6 Å². The topological polar surface area (TPSA) is 120 Å². The first-order valence-electron chi connectivity index (χ1n) is 9.31. The molecule has 3 rings (SSSR count). The molecule has 10 nitrogen and oxygen atoms in total. The summed E-state index contributed by atoms with van der Waals surface area (Å²) < 4.78 is 12.4. The number of anilines is 1. The van der Waals surface area contributed by atoms with Crippen LogP contribution in [0.3, 0.4) is 0 Å². The van der Waals surface area contributed by atoms with Gasteiger partial charge in [0.05, 0.1) is 24.0 Å². The molecule has 0 saturated carbocycles. The van der Waals surface area contributed by atoms with Crippen LogP contribution >= 0.6 is 11.6 Å². The van der Waals surface area contributed by atoms with Crippen molar-refractivity contribution in [2.24, 2.45) is 0 Å². The Balaban J connectivity index is 1.87. The lowest BCUT2D eigenvalue weighted by atomic mass is 10.0. The largest absolute Gasteiger partial charge is 0.458 e. The number of halogens is 1. The van der Waals surface area contributed by atoms with Gasteiger partial charge in [-0.2, -0.15) is 5.10 Å². The minimum Gasteiger partial charge on any atom is -0.458 e. The molecule has 0 aliphatic carbocycles. The van der Waals surface area contributed by atoms with Crippen molar-refractivity contribution in [1.82, 2.24) is 20.0 Å². The molecule has 2 aromatic heterocycles. The maximum atomic E-state index is 13.1. The predicted octanol–water partition coefficient (Wildman–Crippen LogP) is 1.53. The molecule has 1 amide bonds. The number of aromatic nitrogens is 4. The van der Waals surface area contributed by atoms with E-state index in [1.165, 1.54) is 15.8 Å². The van der Waals surface area contributed by atoms with E-state index in [2.05, 4.69) is 15.3 Å². The van der Waals surface area contributed by atoms with Crippen LogP contribution in [0.5, 0.6) is 0 Å². The number of aliphatic hydroxyl groups is 1. The lowest BCUT2D eigenvalue weighted by Crippen LogP contribution is -2.61. The maximum absolute atomic E-state index is 13.1. The molecule has 1 saturated heterocycles. The number of aliphatic hydroxyl groups excluding tert-OH is 1. The van der Waals surface area contributed by atoms with Gasteiger partial charge in [0.15, 0.2) is 23.2 Å². The molecule has 1 unspecified atom stereocenters. The molecule has 162 valence electrons. The van der Waals surface area contributed by atoms with E-state index in [-0.39, 0.29) is 11.7 Å². The summed E-state index contributed by atoms with van der Waals surface area (Å²) in [6.07, 6.45) is -0.0876. The summed E-state index contributed by atoms with van der Waals surface area (Å²) in [5.41, 5.74) is -1.09. The Hall–Kier alpha value is -2.56. The molecule has 0 bridgehead atoms. The normalized spacial score (nSPS) is 20.2. The first kappa shape index (κ1) is 22.1. The van der Waals surface area contributed by atoms with Crippen molar-refractivity contribution in [2.45, 2.75) is 58.0 Å². The summed E-state index contributed by atoms with van der Waals surface area (Å²) >= 11 is 5.87. The van der Waals surface area contributed by atoms with Gasteiger partial charge in [-0.05, 0) is 34.6 Å². The second kappa shape index (κ2) is 7.93. The zero-order chi connectivity index (χ0) is 22.3. The van der Waals surface area contributed by atoms with E-state index in [1.807, 2.05) is 0 Å². The van der Waals surface area contributed by atoms with Crippen molar-refractivity contribution in [1.29, 1.82) is 0 Å². The van der Waals surface area contributed by atoms with Gasteiger partial charge in [-0.3, -0.25) is 9.69 Å². The van der Waals surface area contributed by atoms with Crippen molar-refractivity contribution in [2.75, 3.05) is 11.4 Å².